The largest absolute Gasteiger partial charge is 0.472 e. The number of esters is 2. The minimum atomic E-state index is -4.87. The number of hydrogen-bond acceptors (Lipinski definition) is 11. The fourth-order valence-electron chi connectivity index (χ4n) is 7.01. The van der Waals surface area contributed by atoms with Gasteiger partial charge in [-0.25, -0.2) is 9.13 Å². The Balaban J connectivity index is 2.31. The Bertz CT molecular complexity index is 1210. The highest BCUT2D eigenvalue weighted by molar-refractivity contribution is 7.47. The number of epoxide rings is 1. The lowest BCUT2D eigenvalue weighted by Crippen LogP contribution is -2.30. The van der Waals surface area contributed by atoms with Gasteiger partial charge in [-0.3, -0.25) is 23.2 Å². The van der Waals surface area contributed by atoms with Crippen molar-refractivity contribution >= 4 is 27.6 Å². The van der Waals surface area contributed by atoms with Gasteiger partial charge < -0.3 is 34.0 Å². The van der Waals surface area contributed by atoms with E-state index in [1.807, 2.05) is 0 Å². The number of phosphoric ester groups is 2. The van der Waals surface area contributed by atoms with Crippen LogP contribution in [0.4, 0.5) is 0 Å². The van der Waals surface area contributed by atoms with Gasteiger partial charge in [0.25, 0.3) is 0 Å². The highest BCUT2D eigenvalue weighted by atomic mass is 31.2. The van der Waals surface area contributed by atoms with Gasteiger partial charge in [-0.15, -0.1) is 0 Å². The number of phosphoric acid groups is 2. The van der Waals surface area contributed by atoms with E-state index in [1.54, 1.807) is 0 Å². The molecule has 1 saturated heterocycles. The summed E-state index contributed by atoms with van der Waals surface area (Å²) in [5.74, 6) is -0.229. The topological polar surface area (TPSA) is 208 Å². The molecule has 1 aliphatic rings. The van der Waals surface area contributed by atoms with Gasteiger partial charge in [-0.2, -0.15) is 0 Å². The van der Waals surface area contributed by atoms with E-state index in [1.165, 1.54) is 96.3 Å². The molecule has 1 rings (SSSR count). The zero-order valence-corrected chi connectivity index (χ0v) is 39.9. The van der Waals surface area contributed by atoms with Gasteiger partial charge in [-0.05, 0) is 44.4 Å². The van der Waals surface area contributed by atoms with Gasteiger partial charge in [-0.1, -0.05) is 168 Å². The van der Waals surface area contributed by atoms with Crippen LogP contribution in [0.25, 0.3) is 0 Å². The van der Waals surface area contributed by atoms with Gasteiger partial charge in [0.1, 0.15) is 12.7 Å². The van der Waals surface area contributed by atoms with Crippen LogP contribution >= 0.6 is 15.6 Å². The first kappa shape index (κ1) is 57.8. The van der Waals surface area contributed by atoms with Gasteiger partial charge >= 0.3 is 27.6 Å². The van der Waals surface area contributed by atoms with E-state index in [9.17, 15) is 28.7 Å². The molecule has 16 heteroatoms. The minimum Gasteiger partial charge on any atom is -0.462 e. The van der Waals surface area contributed by atoms with E-state index in [-0.39, 0.29) is 12.8 Å². The highest BCUT2D eigenvalue weighted by Crippen LogP contribution is 2.44. The van der Waals surface area contributed by atoms with Crippen LogP contribution in [0.1, 0.15) is 207 Å². The summed E-state index contributed by atoms with van der Waals surface area (Å²) in [6.07, 6.45) is 33.6. The third kappa shape index (κ3) is 39.0. The maximum atomic E-state index is 12.7. The van der Waals surface area contributed by atoms with Crippen LogP contribution < -0.4 is 0 Å². The first-order valence-corrected chi connectivity index (χ1v) is 26.9. The summed E-state index contributed by atoms with van der Waals surface area (Å²) >= 11 is 0. The minimum absolute atomic E-state index is 0.130. The molecule has 0 aromatic rings. The molecule has 0 radical (unpaired) electrons. The number of unbranched alkanes of at least 4 members (excludes halogenated alkanes) is 21. The summed E-state index contributed by atoms with van der Waals surface area (Å²) in [7, 11) is -9.68. The predicted octanol–water partition coefficient (Wildman–Crippen LogP) is 11.4. The third-order valence-corrected chi connectivity index (χ3v) is 12.2. The molecule has 1 aliphatic heterocycles. The van der Waals surface area contributed by atoms with Crippen LogP contribution in [0.3, 0.4) is 0 Å². The zero-order chi connectivity index (χ0) is 45.0. The van der Waals surface area contributed by atoms with E-state index in [4.69, 9.17) is 33.0 Å². The van der Waals surface area contributed by atoms with E-state index in [0.29, 0.717) is 25.0 Å². The quantitative estimate of drug-likeness (QED) is 0.0147. The van der Waals surface area contributed by atoms with Crippen molar-refractivity contribution in [2.45, 2.75) is 231 Å². The van der Waals surface area contributed by atoms with Gasteiger partial charge in [0.2, 0.25) is 0 Å². The van der Waals surface area contributed by atoms with Gasteiger partial charge in [0.05, 0.1) is 32.0 Å². The van der Waals surface area contributed by atoms with Crippen LogP contribution in [-0.4, -0.2) is 82.6 Å². The Morgan fingerprint density at radius 2 is 1.11 bits per heavy atom. The van der Waals surface area contributed by atoms with Crippen LogP contribution in [0.2, 0.25) is 0 Å². The second-order valence-electron chi connectivity index (χ2n) is 17.3. The molecule has 360 valence electrons. The lowest BCUT2D eigenvalue weighted by molar-refractivity contribution is -0.161. The number of hydrogen-bond donors (Lipinski definition) is 4. The van der Waals surface area contributed by atoms with Crippen LogP contribution in [0.15, 0.2) is 12.2 Å². The summed E-state index contributed by atoms with van der Waals surface area (Å²) in [5.41, 5.74) is 0. The van der Waals surface area contributed by atoms with Crippen LogP contribution in [0, 0.1) is 5.92 Å². The van der Waals surface area contributed by atoms with Crippen molar-refractivity contribution in [3.63, 3.8) is 0 Å². The fraction of sp³-hybridized carbons (Fsp3) is 0.911. The molecule has 0 aromatic heterocycles. The Kier molecular flexibility index (Phi) is 35.2. The summed E-state index contributed by atoms with van der Waals surface area (Å²) in [5, 5.41) is 9.77. The molecule has 0 aliphatic carbocycles. The third-order valence-electron chi connectivity index (χ3n) is 10.7. The van der Waals surface area contributed by atoms with Gasteiger partial charge in [0.15, 0.2) is 6.10 Å². The van der Waals surface area contributed by atoms with E-state index >= 15 is 0 Å². The second-order valence-corrected chi connectivity index (χ2v) is 19.9. The molecule has 4 N–H and O–H groups in total. The zero-order valence-electron chi connectivity index (χ0n) is 38.1. The molecule has 0 bridgehead atoms. The van der Waals surface area contributed by atoms with Crippen molar-refractivity contribution in [1.82, 2.24) is 0 Å². The van der Waals surface area contributed by atoms with Crippen LogP contribution in [0.5, 0.6) is 0 Å². The van der Waals surface area contributed by atoms with E-state index in [0.717, 1.165) is 70.1 Å². The summed E-state index contributed by atoms with van der Waals surface area (Å²) < 4.78 is 53.7. The number of rotatable bonds is 44. The number of aliphatic hydroxyl groups is 1. The first-order valence-electron chi connectivity index (χ1n) is 23.9. The number of ether oxygens (including phenoxy) is 3. The molecular weight excluding hydrogens is 826 g/mol. The number of aliphatic hydroxyl groups excluding tert-OH is 1. The Morgan fingerprint density at radius 1 is 0.607 bits per heavy atom. The molecule has 0 spiro atoms. The number of allylic oxidation sites excluding steroid dienone is 1. The molecule has 0 aromatic carbocycles. The van der Waals surface area contributed by atoms with Crippen LogP contribution in [-0.2, 0) is 46.5 Å². The van der Waals surface area contributed by atoms with Crippen molar-refractivity contribution in [3.8, 4) is 0 Å². The standard InChI is InChI=1S/C45H86O14P2/c1-4-5-6-7-21-26-31-42-43(59-42)32-27-22-19-24-28-33-44(47)54-37-41(38-57-61(52,53)56-36-40(46)35-55-60(49,50)51)58-45(48)34-29-23-18-16-14-12-10-8-9-11-13-15-17-20-25-30-39(2)3/h21,26,39-43,46H,4-20,22-25,27-38H2,1-3H3,(H,52,53)(H2,49,50,51)/b26-21-/t40-,41+,42?,43?/m0/s1. The predicted molar refractivity (Wildman–Crippen MR) is 239 cm³/mol. The molecule has 3 unspecified atom stereocenters. The van der Waals surface area contributed by atoms with Crippen molar-refractivity contribution in [1.29, 1.82) is 0 Å². The molecule has 5 atom stereocenters. The molecule has 0 saturated carbocycles. The second kappa shape index (κ2) is 37.1. The molecular formula is C45H86O14P2. The first-order chi connectivity index (χ1) is 29.2. The SMILES string of the molecule is CCCCC/C=C\CC1OC1CCCCCCCC(=O)OC[C@H](COP(=O)(O)OC[C@@H](O)COP(=O)(O)O)OC(=O)CCCCCCCCCCCCCCCCCC(C)C. The van der Waals surface area contributed by atoms with Crippen molar-refractivity contribution in [2.75, 3.05) is 26.4 Å². The molecule has 1 heterocycles. The smallest absolute Gasteiger partial charge is 0.462 e. The Hall–Kier alpha value is -1.18. The Labute approximate surface area is 368 Å². The fourth-order valence-corrected chi connectivity index (χ4v) is 8.17. The van der Waals surface area contributed by atoms with Crippen molar-refractivity contribution in [3.05, 3.63) is 12.2 Å². The number of carbonyl (C=O) groups excluding carboxylic acids is 2. The van der Waals surface area contributed by atoms with Crippen molar-refractivity contribution < 1.29 is 66.3 Å². The molecule has 1 fully saturated rings. The lowest BCUT2D eigenvalue weighted by Gasteiger charge is -2.20. The summed E-state index contributed by atoms with van der Waals surface area (Å²) in [6, 6.07) is 0. The van der Waals surface area contributed by atoms with E-state index < -0.39 is 66.2 Å². The summed E-state index contributed by atoms with van der Waals surface area (Å²) in [4.78, 5) is 52.9. The highest BCUT2D eigenvalue weighted by Gasteiger charge is 2.36. The Morgan fingerprint density at radius 3 is 1.67 bits per heavy atom. The maximum absolute atomic E-state index is 12.7. The normalized spacial score (nSPS) is 17.4. The maximum Gasteiger partial charge on any atom is 0.472 e. The lowest BCUT2D eigenvalue weighted by atomic mass is 10.0. The molecule has 14 nitrogen and oxygen atoms in total. The number of carbonyl (C=O) groups is 2. The average molecular weight is 913 g/mol. The van der Waals surface area contributed by atoms with E-state index in [2.05, 4.69) is 37.4 Å². The van der Waals surface area contributed by atoms with Crippen molar-refractivity contribution in [2.24, 2.45) is 5.92 Å². The summed E-state index contributed by atoms with van der Waals surface area (Å²) in [6.45, 7) is 4.08. The van der Waals surface area contributed by atoms with Gasteiger partial charge in [0, 0.05) is 12.8 Å². The molecule has 0 amide bonds. The monoisotopic (exact) mass is 913 g/mol. The average Bonchev–Trinajstić information content (AvgIpc) is 3.96. The molecule has 61 heavy (non-hydrogen) atoms.